The third-order valence-corrected chi connectivity index (χ3v) is 8.72. The molecule has 0 unspecified atom stereocenters. The average Bonchev–Trinajstić information content (AvgIpc) is 3.25. The van der Waals surface area contributed by atoms with Crippen LogP contribution in [0.1, 0.15) is 13.3 Å². The summed E-state index contributed by atoms with van der Waals surface area (Å²) in [5.41, 5.74) is 0. The van der Waals surface area contributed by atoms with Gasteiger partial charge in [-0.1, -0.05) is 23.2 Å². The van der Waals surface area contributed by atoms with Crippen molar-refractivity contribution < 1.29 is 19.2 Å². The van der Waals surface area contributed by atoms with Crippen LogP contribution in [-0.2, 0) is 19.2 Å². The molecule has 5 nitrogen and oxygen atoms in total. The Bertz CT molecular complexity index is 674. The summed E-state index contributed by atoms with van der Waals surface area (Å²) in [6, 6.07) is 0. The Hall–Kier alpha value is -0.0400. The minimum absolute atomic E-state index is 0.234. The van der Waals surface area contributed by atoms with Crippen LogP contribution in [0.5, 0.6) is 0 Å². The smallest absolute Gasteiger partial charge is 0.260 e. The number of carbonyl (C=O) groups excluding carboxylic acids is 2. The molecule has 8 atom stereocenters. The molecule has 0 aromatic rings. The lowest BCUT2D eigenvalue weighted by Crippen LogP contribution is -2.50. The summed E-state index contributed by atoms with van der Waals surface area (Å²) in [7, 11) is 0. The van der Waals surface area contributed by atoms with E-state index < -0.39 is 33.8 Å². The molecule has 0 N–H and O–H groups in total. The first-order valence-electron chi connectivity index (χ1n) is 7.87. The lowest BCUT2D eigenvalue weighted by molar-refractivity contribution is -0.191. The highest BCUT2D eigenvalue weighted by molar-refractivity contribution is 6.51. The Morgan fingerprint density at radius 3 is 1.96 bits per heavy atom. The highest BCUT2D eigenvalue weighted by atomic mass is 35.5. The number of amides is 2. The van der Waals surface area contributed by atoms with Gasteiger partial charge in [-0.05, 0) is 13.3 Å². The van der Waals surface area contributed by atoms with Crippen LogP contribution >= 0.6 is 46.4 Å². The monoisotopic (exact) mass is 411 g/mol. The standard InChI is InChI=1S/C15H13Cl4NO4/c1-2-23-20-12(21)4-5(13(20)22)9-7-6(8(4)24-9)14(18)3-15(7,19)11(17)10(14)16/h4-9H,2-3H2,1H3/t4-,5+,6-,7-,8+,9-,14-,15-/m0/s1. The van der Waals surface area contributed by atoms with E-state index in [9.17, 15) is 9.59 Å². The van der Waals surface area contributed by atoms with Gasteiger partial charge in [0.2, 0.25) is 0 Å². The molecule has 9 heteroatoms. The molecule has 1 saturated carbocycles. The van der Waals surface area contributed by atoms with Crippen LogP contribution in [0, 0.1) is 23.7 Å². The molecule has 4 bridgehead atoms. The Morgan fingerprint density at radius 2 is 1.54 bits per heavy atom. The first-order valence-corrected chi connectivity index (χ1v) is 9.38. The van der Waals surface area contributed by atoms with Crippen LogP contribution in [0.15, 0.2) is 10.1 Å². The summed E-state index contributed by atoms with van der Waals surface area (Å²) in [4.78, 5) is 28.7. The number of nitrogens with zero attached hydrogens (tertiary/aromatic N) is 1. The van der Waals surface area contributed by atoms with E-state index in [2.05, 4.69) is 0 Å². The number of rotatable bonds is 2. The number of fused-ring (bicyclic) bond motifs is 12. The molecular weight excluding hydrogens is 400 g/mol. The quantitative estimate of drug-likeness (QED) is 0.516. The Morgan fingerprint density at radius 1 is 1.08 bits per heavy atom. The molecule has 0 aromatic carbocycles. The summed E-state index contributed by atoms with van der Waals surface area (Å²) >= 11 is 26.4. The molecule has 2 amide bonds. The second kappa shape index (κ2) is 4.62. The van der Waals surface area contributed by atoms with Gasteiger partial charge in [0.05, 0.1) is 50.5 Å². The van der Waals surface area contributed by atoms with Gasteiger partial charge in [0.25, 0.3) is 11.8 Å². The number of hydrogen-bond donors (Lipinski definition) is 0. The van der Waals surface area contributed by atoms with Crippen molar-refractivity contribution in [2.45, 2.75) is 35.3 Å². The zero-order valence-electron chi connectivity index (χ0n) is 12.5. The van der Waals surface area contributed by atoms with Crippen LogP contribution in [0.2, 0.25) is 0 Å². The molecule has 0 aromatic heterocycles. The molecule has 3 aliphatic heterocycles. The molecular formula is C15H13Cl4NO4. The number of alkyl halides is 2. The molecule has 5 rings (SSSR count). The van der Waals surface area contributed by atoms with Crippen molar-refractivity contribution in [3.8, 4) is 0 Å². The summed E-state index contributed by atoms with van der Waals surface area (Å²) < 4.78 is 6.04. The fraction of sp³-hybridized carbons (Fsp3) is 0.733. The van der Waals surface area contributed by atoms with Crippen molar-refractivity contribution in [2.24, 2.45) is 23.7 Å². The largest absolute Gasteiger partial charge is 0.373 e. The van der Waals surface area contributed by atoms with E-state index in [0.717, 1.165) is 5.06 Å². The maximum Gasteiger partial charge on any atom is 0.260 e. The Balaban J connectivity index is 1.61. The second-order valence-corrected chi connectivity index (χ2v) is 9.19. The summed E-state index contributed by atoms with van der Waals surface area (Å²) in [5.74, 6) is -2.39. The van der Waals surface area contributed by atoms with Crippen LogP contribution < -0.4 is 0 Å². The van der Waals surface area contributed by atoms with Gasteiger partial charge in [-0.25, -0.2) is 0 Å². The lowest BCUT2D eigenvalue weighted by atomic mass is 9.65. The van der Waals surface area contributed by atoms with E-state index >= 15 is 0 Å². The molecule has 0 spiro atoms. The van der Waals surface area contributed by atoms with Crippen molar-refractivity contribution in [3.05, 3.63) is 10.1 Å². The summed E-state index contributed by atoms with van der Waals surface area (Å²) in [6.07, 6.45) is -0.601. The summed E-state index contributed by atoms with van der Waals surface area (Å²) in [5, 5.41) is 1.56. The predicted octanol–water partition coefficient (Wildman–Crippen LogP) is 2.61. The minimum atomic E-state index is -0.933. The number of imide groups is 1. The maximum atomic E-state index is 12.7. The predicted molar refractivity (Wildman–Crippen MR) is 86.6 cm³/mol. The van der Waals surface area contributed by atoms with Crippen molar-refractivity contribution in [1.29, 1.82) is 0 Å². The van der Waals surface area contributed by atoms with Gasteiger partial charge in [0.15, 0.2) is 0 Å². The van der Waals surface area contributed by atoms with Crippen LogP contribution in [-0.4, -0.2) is 45.4 Å². The van der Waals surface area contributed by atoms with E-state index in [0.29, 0.717) is 16.5 Å². The Labute approximate surface area is 158 Å². The zero-order valence-corrected chi connectivity index (χ0v) is 15.5. The lowest BCUT2D eigenvalue weighted by Gasteiger charge is -2.40. The van der Waals surface area contributed by atoms with E-state index in [-0.39, 0.29) is 30.3 Å². The number of halogens is 4. The highest BCUT2D eigenvalue weighted by Crippen LogP contribution is 2.75. The summed E-state index contributed by atoms with van der Waals surface area (Å²) in [6.45, 7) is 1.96. The number of ether oxygens (including phenoxy) is 1. The van der Waals surface area contributed by atoms with Crippen molar-refractivity contribution in [1.82, 2.24) is 5.06 Å². The molecule has 0 radical (unpaired) electrons. The van der Waals surface area contributed by atoms with Gasteiger partial charge in [-0.15, -0.1) is 23.2 Å². The van der Waals surface area contributed by atoms with Crippen LogP contribution in [0.3, 0.4) is 0 Å². The number of allylic oxidation sites excluding steroid dienone is 2. The minimum Gasteiger partial charge on any atom is -0.373 e. The van der Waals surface area contributed by atoms with Gasteiger partial charge in [-0.2, -0.15) is 5.06 Å². The topological polar surface area (TPSA) is 55.8 Å². The second-order valence-electron chi connectivity index (χ2n) is 7.09. The molecule has 2 aliphatic carbocycles. The maximum absolute atomic E-state index is 12.7. The van der Waals surface area contributed by atoms with E-state index in [4.69, 9.17) is 56.0 Å². The number of hydrogen-bond acceptors (Lipinski definition) is 4. The van der Waals surface area contributed by atoms with Crippen LogP contribution in [0.25, 0.3) is 0 Å². The zero-order chi connectivity index (χ0) is 17.2. The molecule has 5 aliphatic rings. The van der Waals surface area contributed by atoms with Crippen molar-refractivity contribution in [2.75, 3.05) is 6.61 Å². The third kappa shape index (κ3) is 1.47. The number of hydroxylamine groups is 2. The van der Waals surface area contributed by atoms with Gasteiger partial charge in [0, 0.05) is 11.8 Å². The normalized spacial score (nSPS) is 54.3. The van der Waals surface area contributed by atoms with E-state index in [1.54, 1.807) is 6.92 Å². The van der Waals surface area contributed by atoms with Crippen LogP contribution in [0.4, 0.5) is 0 Å². The van der Waals surface area contributed by atoms with E-state index in [1.807, 2.05) is 0 Å². The first-order chi connectivity index (χ1) is 11.3. The fourth-order valence-electron chi connectivity index (χ4n) is 5.52. The fourth-order valence-corrected chi connectivity index (χ4v) is 7.54. The molecule has 3 saturated heterocycles. The highest BCUT2D eigenvalue weighted by Gasteiger charge is 2.82. The molecule has 24 heavy (non-hydrogen) atoms. The van der Waals surface area contributed by atoms with E-state index in [1.165, 1.54) is 0 Å². The average molecular weight is 413 g/mol. The third-order valence-electron chi connectivity index (χ3n) is 6.23. The number of carbonyl (C=O) groups is 2. The SMILES string of the molecule is CCON1C(=O)[C@@H]2[C@H]3O[C@@H]([C@@H]2C1=O)[C@@H]1[C@@H]3[C@@]2(Cl)C[C@@]1(Cl)C(Cl)=C2Cl. The van der Waals surface area contributed by atoms with Gasteiger partial charge in [0.1, 0.15) is 0 Å². The molecule has 4 fully saturated rings. The van der Waals surface area contributed by atoms with Gasteiger partial charge in [-0.3, -0.25) is 14.4 Å². The molecule has 3 heterocycles. The van der Waals surface area contributed by atoms with Crippen molar-refractivity contribution >= 4 is 58.2 Å². The molecule has 130 valence electrons. The Kier molecular flexibility index (Phi) is 3.11. The van der Waals surface area contributed by atoms with Gasteiger partial charge >= 0.3 is 0 Å². The van der Waals surface area contributed by atoms with Gasteiger partial charge < -0.3 is 4.74 Å². The first kappa shape index (κ1) is 16.2. The van der Waals surface area contributed by atoms with Crippen molar-refractivity contribution in [3.63, 3.8) is 0 Å².